The van der Waals surface area contributed by atoms with Crippen LogP contribution in [0.1, 0.15) is 24.7 Å². The summed E-state index contributed by atoms with van der Waals surface area (Å²) in [6, 6.07) is 13.3. The Morgan fingerprint density at radius 1 is 1.15 bits per heavy atom. The zero-order valence-corrected chi connectivity index (χ0v) is 15.0. The fourth-order valence-electron chi connectivity index (χ4n) is 2.64. The summed E-state index contributed by atoms with van der Waals surface area (Å²) in [5, 5.41) is 0. The standard InChI is InChI=1S/C19H18N2O4S/c1-24-16-4-2-3-15(11-16)21-26(22,23)17-9-7-13(8-10-17)18-12-20-19(25-18)14-5-6-14/h2-4,7-12,14,21H,5-6H2,1H3. The predicted molar refractivity (Wildman–Crippen MR) is 97.7 cm³/mol. The molecule has 4 rings (SSSR count). The topological polar surface area (TPSA) is 81.4 Å². The number of oxazole rings is 1. The Labute approximate surface area is 151 Å². The van der Waals surface area contributed by atoms with Crippen molar-refractivity contribution in [1.29, 1.82) is 0 Å². The van der Waals surface area contributed by atoms with Gasteiger partial charge < -0.3 is 9.15 Å². The normalized spacial score (nSPS) is 14.2. The number of rotatable bonds is 6. The van der Waals surface area contributed by atoms with Crippen LogP contribution in [0, 0.1) is 0 Å². The van der Waals surface area contributed by atoms with Crippen molar-refractivity contribution < 1.29 is 17.6 Å². The van der Waals surface area contributed by atoms with Crippen molar-refractivity contribution in [2.45, 2.75) is 23.7 Å². The SMILES string of the molecule is COc1cccc(NS(=O)(=O)c2ccc(-c3cnc(C4CC4)o3)cc2)c1. The van der Waals surface area contributed by atoms with Gasteiger partial charge in [-0.05, 0) is 49.2 Å². The van der Waals surface area contributed by atoms with E-state index in [1.807, 2.05) is 0 Å². The Balaban J connectivity index is 1.54. The van der Waals surface area contributed by atoms with Crippen molar-refractivity contribution in [2.75, 3.05) is 11.8 Å². The van der Waals surface area contributed by atoms with Gasteiger partial charge in [0.25, 0.3) is 10.0 Å². The van der Waals surface area contributed by atoms with Gasteiger partial charge in [-0.3, -0.25) is 4.72 Å². The van der Waals surface area contributed by atoms with Gasteiger partial charge in [0.2, 0.25) is 0 Å². The van der Waals surface area contributed by atoms with Crippen molar-refractivity contribution >= 4 is 15.7 Å². The summed E-state index contributed by atoms with van der Waals surface area (Å²) in [4.78, 5) is 4.46. The zero-order chi connectivity index (χ0) is 18.1. The minimum absolute atomic E-state index is 0.172. The van der Waals surface area contributed by atoms with Gasteiger partial charge >= 0.3 is 0 Å². The van der Waals surface area contributed by atoms with E-state index in [1.165, 1.54) is 7.11 Å². The van der Waals surface area contributed by atoms with Crippen molar-refractivity contribution in [3.8, 4) is 17.1 Å². The Kier molecular flexibility index (Phi) is 4.16. The maximum atomic E-state index is 12.6. The fraction of sp³-hybridized carbons (Fsp3) is 0.211. The molecule has 0 unspecified atom stereocenters. The van der Waals surface area contributed by atoms with Gasteiger partial charge in [-0.15, -0.1) is 0 Å². The molecule has 0 bridgehead atoms. The number of hydrogen-bond acceptors (Lipinski definition) is 5. The van der Waals surface area contributed by atoms with Crippen LogP contribution in [0.25, 0.3) is 11.3 Å². The second kappa shape index (κ2) is 6.49. The van der Waals surface area contributed by atoms with Gasteiger partial charge in [-0.25, -0.2) is 13.4 Å². The van der Waals surface area contributed by atoms with Crippen LogP contribution in [0.3, 0.4) is 0 Å². The number of methoxy groups -OCH3 is 1. The first kappa shape index (κ1) is 16.7. The molecule has 1 saturated carbocycles. The maximum absolute atomic E-state index is 12.6. The van der Waals surface area contributed by atoms with E-state index in [9.17, 15) is 8.42 Å². The average Bonchev–Trinajstić information content (AvgIpc) is 3.38. The van der Waals surface area contributed by atoms with Crippen molar-refractivity contribution in [3.63, 3.8) is 0 Å². The fourth-order valence-corrected chi connectivity index (χ4v) is 3.69. The summed E-state index contributed by atoms with van der Waals surface area (Å²) in [5.74, 6) is 2.43. The lowest BCUT2D eigenvalue weighted by Crippen LogP contribution is -2.12. The molecule has 134 valence electrons. The Morgan fingerprint density at radius 2 is 1.92 bits per heavy atom. The van der Waals surface area contributed by atoms with Crippen LogP contribution < -0.4 is 9.46 Å². The molecule has 0 spiro atoms. The van der Waals surface area contributed by atoms with Crippen LogP contribution in [-0.2, 0) is 10.0 Å². The smallest absolute Gasteiger partial charge is 0.261 e. The third-order valence-corrected chi connectivity index (χ3v) is 5.62. The zero-order valence-electron chi connectivity index (χ0n) is 14.2. The minimum atomic E-state index is -3.69. The number of aromatic nitrogens is 1. The highest BCUT2D eigenvalue weighted by atomic mass is 32.2. The van der Waals surface area contributed by atoms with Crippen LogP contribution in [0.4, 0.5) is 5.69 Å². The summed E-state index contributed by atoms with van der Waals surface area (Å²) in [6.45, 7) is 0. The summed E-state index contributed by atoms with van der Waals surface area (Å²) in [6.07, 6.45) is 3.92. The molecule has 1 aliphatic rings. The molecule has 3 aromatic rings. The number of hydrogen-bond donors (Lipinski definition) is 1. The highest BCUT2D eigenvalue weighted by Crippen LogP contribution is 2.40. The molecule has 0 atom stereocenters. The third-order valence-electron chi connectivity index (χ3n) is 4.22. The maximum Gasteiger partial charge on any atom is 0.261 e. The summed E-state index contributed by atoms with van der Waals surface area (Å²) in [7, 11) is -2.16. The number of benzene rings is 2. The van der Waals surface area contributed by atoms with Gasteiger partial charge in [-0.1, -0.05) is 6.07 Å². The third kappa shape index (κ3) is 3.43. The second-order valence-corrected chi connectivity index (χ2v) is 7.88. The summed E-state index contributed by atoms with van der Waals surface area (Å²) in [5.41, 5.74) is 1.24. The van der Waals surface area contributed by atoms with Gasteiger partial charge in [0.1, 0.15) is 5.75 Å². The molecule has 1 aliphatic carbocycles. The first-order chi connectivity index (χ1) is 12.5. The molecule has 1 N–H and O–H groups in total. The molecule has 0 saturated heterocycles. The average molecular weight is 370 g/mol. The molecule has 1 aromatic heterocycles. The number of sulfonamides is 1. The van der Waals surface area contributed by atoms with E-state index in [0.717, 1.165) is 24.3 Å². The van der Waals surface area contributed by atoms with Gasteiger partial charge in [-0.2, -0.15) is 0 Å². The minimum Gasteiger partial charge on any atom is -0.497 e. The van der Waals surface area contributed by atoms with Gasteiger partial charge in [0.15, 0.2) is 11.7 Å². The number of nitrogens with zero attached hydrogens (tertiary/aromatic N) is 1. The van der Waals surface area contributed by atoms with Crippen LogP contribution in [-0.4, -0.2) is 20.5 Å². The highest BCUT2D eigenvalue weighted by Gasteiger charge is 2.28. The summed E-state index contributed by atoms with van der Waals surface area (Å²) < 4.78 is 38.5. The van der Waals surface area contributed by atoms with Crippen LogP contribution in [0.5, 0.6) is 5.75 Å². The predicted octanol–water partition coefficient (Wildman–Crippen LogP) is 4.03. The Hall–Kier alpha value is -2.80. The molecular weight excluding hydrogens is 352 g/mol. The molecule has 2 aromatic carbocycles. The van der Waals surface area contributed by atoms with E-state index in [1.54, 1.807) is 54.7 Å². The van der Waals surface area contributed by atoms with E-state index in [2.05, 4.69) is 9.71 Å². The molecule has 7 heteroatoms. The van der Waals surface area contributed by atoms with Gasteiger partial charge in [0.05, 0.1) is 23.9 Å². The second-order valence-electron chi connectivity index (χ2n) is 6.20. The van der Waals surface area contributed by atoms with Crippen molar-refractivity contribution in [1.82, 2.24) is 4.98 Å². The quantitative estimate of drug-likeness (QED) is 0.708. The Morgan fingerprint density at radius 3 is 2.62 bits per heavy atom. The van der Waals surface area contributed by atoms with Crippen LogP contribution >= 0.6 is 0 Å². The largest absolute Gasteiger partial charge is 0.497 e. The molecule has 1 heterocycles. The Bertz CT molecular complexity index is 1020. The highest BCUT2D eigenvalue weighted by molar-refractivity contribution is 7.92. The number of anilines is 1. The molecule has 0 amide bonds. The lowest BCUT2D eigenvalue weighted by atomic mass is 10.2. The van der Waals surface area contributed by atoms with E-state index in [-0.39, 0.29) is 4.90 Å². The molecule has 1 fully saturated rings. The molecule has 0 aliphatic heterocycles. The molecule has 0 radical (unpaired) electrons. The van der Waals surface area contributed by atoms with Gasteiger partial charge in [0, 0.05) is 17.5 Å². The lowest BCUT2D eigenvalue weighted by molar-refractivity contribution is 0.415. The molecule has 6 nitrogen and oxygen atoms in total. The first-order valence-corrected chi connectivity index (χ1v) is 9.76. The van der Waals surface area contributed by atoms with E-state index < -0.39 is 10.0 Å². The van der Waals surface area contributed by atoms with Crippen molar-refractivity contribution in [3.05, 3.63) is 60.6 Å². The number of nitrogens with one attached hydrogen (secondary N) is 1. The lowest BCUT2D eigenvalue weighted by Gasteiger charge is -2.09. The van der Waals surface area contributed by atoms with Crippen LogP contribution in [0.15, 0.2) is 64.0 Å². The van der Waals surface area contributed by atoms with Crippen LogP contribution in [0.2, 0.25) is 0 Å². The van der Waals surface area contributed by atoms with E-state index >= 15 is 0 Å². The number of ether oxygens (including phenoxy) is 1. The van der Waals surface area contributed by atoms with Crippen molar-refractivity contribution in [2.24, 2.45) is 0 Å². The van der Waals surface area contributed by atoms with E-state index in [4.69, 9.17) is 9.15 Å². The molecule has 26 heavy (non-hydrogen) atoms. The van der Waals surface area contributed by atoms with E-state index in [0.29, 0.717) is 23.1 Å². The summed E-state index contributed by atoms with van der Waals surface area (Å²) >= 11 is 0. The molecular formula is C19H18N2O4S. The first-order valence-electron chi connectivity index (χ1n) is 8.28. The monoisotopic (exact) mass is 370 g/mol.